The fourth-order valence-corrected chi connectivity index (χ4v) is 3.38. The SMILES string of the molecule is O=C(O)c1ccc2c(c1)CN(C(=O)CCn1nc3ccccn3c1=O)CC2. The average molecular weight is 366 g/mol. The van der Waals surface area contributed by atoms with Gasteiger partial charge in [0.2, 0.25) is 5.91 Å². The van der Waals surface area contributed by atoms with Crippen LogP contribution in [0.15, 0.2) is 47.4 Å². The Morgan fingerprint density at radius 1 is 1.15 bits per heavy atom. The quantitative estimate of drug-likeness (QED) is 0.748. The van der Waals surface area contributed by atoms with Crippen LogP contribution >= 0.6 is 0 Å². The van der Waals surface area contributed by atoms with Gasteiger partial charge >= 0.3 is 11.7 Å². The summed E-state index contributed by atoms with van der Waals surface area (Å²) >= 11 is 0. The van der Waals surface area contributed by atoms with E-state index in [1.165, 1.54) is 9.08 Å². The topological polar surface area (TPSA) is 96.9 Å². The van der Waals surface area contributed by atoms with E-state index >= 15 is 0 Å². The zero-order chi connectivity index (χ0) is 19.0. The standard InChI is InChI=1S/C19H18N4O4/c24-17(7-10-23-19(27)22-8-2-1-3-16(22)20-23)21-9-6-13-4-5-14(18(25)26)11-15(13)12-21/h1-5,8,11H,6-7,9-10,12H2,(H,25,26). The highest BCUT2D eigenvalue weighted by Crippen LogP contribution is 2.21. The maximum atomic E-state index is 12.6. The zero-order valence-electron chi connectivity index (χ0n) is 14.5. The zero-order valence-corrected chi connectivity index (χ0v) is 14.5. The van der Waals surface area contributed by atoms with Gasteiger partial charge in [-0.3, -0.25) is 9.20 Å². The number of nitrogens with zero attached hydrogens (tertiary/aromatic N) is 4. The molecule has 27 heavy (non-hydrogen) atoms. The summed E-state index contributed by atoms with van der Waals surface area (Å²) in [7, 11) is 0. The molecule has 0 spiro atoms. The van der Waals surface area contributed by atoms with Crippen LogP contribution in [0, 0.1) is 0 Å². The van der Waals surface area contributed by atoms with Gasteiger partial charge in [0.15, 0.2) is 5.65 Å². The first kappa shape index (κ1) is 17.0. The third-order valence-corrected chi connectivity index (χ3v) is 4.84. The monoisotopic (exact) mass is 366 g/mol. The number of carbonyl (C=O) groups is 2. The number of benzene rings is 1. The van der Waals surface area contributed by atoms with Crippen LogP contribution in [-0.2, 0) is 24.3 Å². The van der Waals surface area contributed by atoms with Crippen LogP contribution in [0.2, 0.25) is 0 Å². The van der Waals surface area contributed by atoms with Crippen LogP contribution in [0.3, 0.4) is 0 Å². The molecule has 3 heterocycles. The lowest BCUT2D eigenvalue weighted by atomic mass is 9.97. The maximum absolute atomic E-state index is 12.6. The van der Waals surface area contributed by atoms with Gasteiger partial charge in [-0.2, -0.15) is 0 Å². The number of carbonyl (C=O) groups excluding carboxylic acids is 1. The molecule has 8 heteroatoms. The van der Waals surface area contributed by atoms with Gasteiger partial charge in [0.05, 0.1) is 12.1 Å². The number of carboxylic acids is 1. The first-order valence-electron chi connectivity index (χ1n) is 8.70. The van der Waals surface area contributed by atoms with Gasteiger partial charge in [-0.25, -0.2) is 14.3 Å². The van der Waals surface area contributed by atoms with E-state index in [1.54, 1.807) is 41.4 Å². The molecule has 1 amide bonds. The largest absolute Gasteiger partial charge is 0.478 e. The average Bonchev–Trinajstić information content (AvgIpc) is 3.01. The molecule has 3 aromatic rings. The fraction of sp³-hybridized carbons (Fsp3) is 0.263. The number of rotatable bonds is 4. The number of hydrogen-bond acceptors (Lipinski definition) is 4. The van der Waals surface area contributed by atoms with E-state index in [0.717, 1.165) is 11.1 Å². The van der Waals surface area contributed by atoms with E-state index in [0.29, 0.717) is 25.2 Å². The number of amides is 1. The lowest BCUT2D eigenvalue weighted by Gasteiger charge is -2.29. The Labute approximate surface area is 154 Å². The molecule has 4 rings (SSSR count). The number of pyridine rings is 1. The summed E-state index contributed by atoms with van der Waals surface area (Å²) in [5.41, 5.74) is 2.43. The molecule has 138 valence electrons. The van der Waals surface area contributed by atoms with Crippen molar-refractivity contribution in [2.24, 2.45) is 0 Å². The normalized spacial score (nSPS) is 13.6. The number of aromatic carboxylic acids is 1. The van der Waals surface area contributed by atoms with Gasteiger partial charge < -0.3 is 10.0 Å². The molecule has 0 radical (unpaired) electrons. The second-order valence-electron chi connectivity index (χ2n) is 6.54. The molecule has 1 aliphatic heterocycles. The molecule has 8 nitrogen and oxygen atoms in total. The van der Waals surface area contributed by atoms with Crippen molar-refractivity contribution in [3.05, 3.63) is 69.8 Å². The number of aryl methyl sites for hydroxylation is 1. The second-order valence-corrected chi connectivity index (χ2v) is 6.54. The Morgan fingerprint density at radius 2 is 2.00 bits per heavy atom. The van der Waals surface area contributed by atoms with Gasteiger partial charge in [-0.05, 0) is 41.8 Å². The summed E-state index contributed by atoms with van der Waals surface area (Å²) in [6, 6.07) is 10.3. The van der Waals surface area contributed by atoms with Crippen LogP contribution in [0.4, 0.5) is 0 Å². The highest BCUT2D eigenvalue weighted by Gasteiger charge is 2.22. The van der Waals surface area contributed by atoms with E-state index in [1.807, 2.05) is 6.07 Å². The molecule has 0 bridgehead atoms. The van der Waals surface area contributed by atoms with E-state index < -0.39 is 5.97 Å². The number of hydrogen-bond donors (Lipinski definition) is 1. The van der Waals surface area contributed by atoms with Crippen LogP contribution in [0.5, 0.6) is 0 Å². The Hall–Kier alpha value is -3.42. The van der Waals surface area contributed by atoms with Crippen molar-refractivity contribution in [3.63, 3.8) is 0 Å². The molecule has 0 saturated heterocycles. The third kappa shape index (κ3) is 3.21. The number of aromatic nitrogens is 3. The number of fused-ring (bicyclic) bond motifs is 2. The highest BCUT2D eigenvalue weighted by atomic mass is 16.4. The van der Waals surface area contributed by atoms with E-state index in [4.69, 9.17) is 5.11 Å². The second kappa shape index (κ2) is 6.71. The molecule has 0 atom stereocenters. The van der Waals surface area contributed by atoms with E-state index in [-0.39, 0.29) is 30.1 Å². The number of carboxylic acid groups (broad SMARTS) is 1. The Bertz CT molecular complexity index is 1100. The molecule has 1 aliphatic rings. The molecule has 0 saturated carbocycles. The minimum atomic E-state index is -0.979. The van der Waals surface area contributed by atoms with Crippen molar-refractivity contribution < 1.29 is 14.7 Å². The minimum absolute atomic E-state index is 0.0784. The molecular formula is C19H18N4O4. The van der Waals surface area contributed by atoms with Crippen molar-refractivity contribution in [3.8, 4) is 0 Å². The lowest BCUT2D eigenvalue weighted by Crippen LogP contribution is -2.37. The van der Waals surface area contributed by atoms with Crippen molar-refractivity contribution in [1.29, 1.82) is 0 Å². The summed E-state index contributed by atoms with van der Waals surface area (Å²) in [6.45, 7) is 1.17. The van der Waals surface area contributed by atoms with Crippen LogP contribution < -0.4 is 5.69 Å². The Kier molecular flexibility index (Phi) is 4.23. The summed E-state index contributed by atoms with van der Waals surface area (Å²) in [5.74, 6) is -1.06. The molecular weight excluding hydrogens is 348 g/mol. The molecule has 1 N–H and O–H groups in total. The van der Waals surface area contributed by atoms with Crippen molar-refractivity contribution >= 4 is 17.5 Å². The molecule has 0 unspecified atom stereocenters. The maximum Gasteiger partial charge on any atom is 0.350 e. The highest BCUT2D eigenvalue weighted by molar-refractivity contribution is 5.88. The predicted octanol–water partition coefficient (Wildman–Crippen LogP) is 1.17. The molecule has 0 fully saturated rings. The predicted molar refractivity (Wildman–Crippen MR) is 96.6 cm³/mol. The van der Waals surface area contributed by atoms with Gasteiger partial charge in [0.25, 0.3) is 0 Å². The molecule has 1 aromatic carbocycles. The van der Waals surface area contributed by atoms with Crippen LogP contribution in [0.1, 0.15) is 27.9 Å². The van der Waals surface area contributed by atoms with Gasteiger partial charge in [0, 0.05) is 25.7 Å². The minimum Gasteiger partial charge on any atom is -0.478 e. The Morgan fingerprint density at radius 3 is 2.78 bits per heavy atom. The van der Waals surface area contributed by atoms with Gasteiger partial charge in [-0.15, -0.1) is 5.10 Å². The first-order chi connectivity index (χ1) is 13.0. The summed E-state index contributed by atoms with van der Waals surface area (Å²) in [5, 5.41) is 13.4. The van der Waals surface area contributed by atoms with Crippen molar-refractivity contribution in [1.82, 2.24) is 19.1 Å². The van der Waals surface area contributed by atoms with E-state index in [9.17, 15) is 14.4 Å². The molecule has 0 aliphatic carbocycles. The van der Waals surface area contributed by atoms with E-state index in [2.05, 4.69) is 5.10 Å². The first-order valence-corrected chi connectivity index (χ1v) is 8.70. The van der Waals surface area contributed by atoms with Crippen molar-refractivity contribution in [2.75, 3.05) is 6.54 Å². The molecule has 2 aromatic heterocycles. The van der Waals surface area contributed by atoms with Crippen molar-refractivity contribution in [2.45, 2.75) is 25.9 Å². The summed E-state index contributed by atoms with van der Waals surface area (Å²) < 4.78 is 2.74. The Balaban J connectivity index is 1.46. The summed E-state index contributed by atoms with van der Waals surface area (Å²) in [6.07, 6.45) is 2.50. The van der Waals surface area contributed by atoms with Crippen LogP contribution in [0.25, 0.3) is 5.65 Å². The summed E-state index contributed by atoms with van der Waals surface area (Å²) in [4.78, 5) is 37.7. The fourth-order valence-electron chi connectivity index (χ4n) is 3.38. The van der Waals surface area contributed by atoms with Gasteiger partial charge in [0.1, 0.15) is 0 Å². The lowest BCUT2D eigenvalue weighted by molar-refractivity contribution is -0.132. The third-order valence-electron chi connectivity index (χ3n) is 4.84. The van der Waals surface area contributed by atoms with Gasteiger partial charge in [-0.1, -0.05) is 12.1 Å². The smallest absolute Gasteiger partial charge is 0.350 e. The van der Waals surface area contributed by atoms with Crippen LogP contribution in [-0.4, -0.2) is 42.6 Å².